The molecular formula is C33H40O11. The summed E-state index contributed by atoms with van der Waals surface area (Å²) in [7, 11) is 0. The van der Waals surface area contributed by atoms with Crippen LogP contribution in [0.25, 0.3) is 0 Å². The van der Waals surface area contributed by atoms with E-state index in [2.05, 4.69) is 6.58 Å². The average molecular weight is 613 g/mol. The Hall–Kier alpha value is -3.73. The van der Waals surface area contributed by atoms with Crippen molar-refractivity contribution in [2.75, 3.05) is 6.61 Å². The first-order chi connectivity index (χ1) is 20.6. The molecule has 2 aliphatic heterocycles. The van der Waals surface area contributed by atoms with Crippen LogP contribution in [0.3, 0.4) is 0 Å². The molecule has 0 amide bonds. The van der Waals surface area contributed by atoms with Crippen molar-refractivity contribution in [3.63, 3.8) is 0 Å². The van der Waals surface area contributed by atoms with Crippen molar-refractivity contribution < 1.29 is 52.4 Å². The summed E-state index contributed by atoms with van der Waals surface area (Å²) in [5, 5.41) is 0. The van der Waals surface area contributed by atoms with Gasteiger partial charge in [-0.2, -0.15) is 0 Å². The first-order valence-electron chi connectivity index (χ1n) is 14.9. The number of hydrogen-bond acceptors (Lipinski definition) is 11. The number of fused-ring (bicyclic) bond motifs is 3. The van der Waals surface area contributed by atoms with E-state index < -0.39 is 82.2 Å². The third-order valence-corrected chi connectivity index (χ3v) is 10.4. The third-order valence-electron chi connectivity index (χ3n) is 10.4. The standard InChI is InChI=1S/C33H40O11/c1-18-13-14-23(40-19(2)34)26-30(18,5)27(41-20(3)35)28(42-21(4)36)32(7)31(26,6)24(15-33(44-32)16-25(37)39-17-33)43-29(38)22-11-9-8-10-12-22/h8-12,23-24,26-28H,1,13-17H2,2-7H3. The van der Waals surface area contributed by atoms with Gasteiger partial charge in [0.1, 0.15) is 30.0 Å². The minimum atomic E-state index is -1.56. The molecule has 0 aromatic heterocycles. The van der Waals surface area contributed by atoms with Gasteiger partial charge in [-0.3, -0.25) is 19.2 Å². The van der Waals surface area contributed by atoms with E-state index >= 15 is 0 Å². The SMILES string of the molecule is C=C1CCC(OC(C)=O)C2C1(C)C(OC(C)=O)C(OC(C)=O)C1(C)OC3(COC(=O)C3)CC(OC(=O)c3ccccc3)C21C. The third kappa shape index (κ3) is 4.89. The number of carbonyl (C=O) groups is 5. The van der Waals surface area contributed by atoms with Crippen molar-refractivity contribution in [3.05, 3.63) is 48.0 Å². The van der Waals surface area contributed by atoms with Gasteiger partial charge in [0.25, 0.3) is 0 Å². The van der Waals surface area contributed by atoms with E-state index in [1.807, 2.05) is 13.8 Å². The molecule has 0 bridgehead atoms. The van der Waals surface area contributed by atoms with Gasteiger partial charge < -0.3 is 28.4 Å². The molecule has 11 heteroatoms. The first-order valence-corrected chi connectivity index (χ1v) is 14.9. The second-order valence-corrected chi connectivity index (χ2v) is 13.1. The van der Waals surface area contributed by atoms with Gasteiger partial charge in [-0.15, -0.1) is 0 Å². The van der Waals surface area contributed by atoms with E-state index in [0.29, 0.717) is 24.0 Å². The van der Waals surface area contributed by atoms with Crippen molar-refractivity contribution in [2.45, 2.75) is 103 Å². The molecule has 2 saturated heterocycles. The van der Waals surface area contributed by atoms with Crippen LogP contribution in [0, 0.1) is 16.7 Å². The van der Waals surface area contributed by atoms with E-state index in [-0.39, 0.29) is 19.4 Å². The normalized spacial score (nSPS) is 39.4. The molecule has 2 saturated carbocycles. The van der Waals surface area contributed by atoms with Gasteiger partial charge in [-0.25, -0.2) is 4.79 Å². The smallest absolute Gasteiger partial charge is 0.338 e. The van der Waals surface area contributed by atoms with Gasteiger partial charge >= 0.3 is 29.8 Å². The monoisotopic (exact) mass is 612 g/mol. The number of cyclic esters (lactones) is 1. The van der Waals surface area contributed by atoms with Crippen molar-refractivity contribution in [3.8, 4) is 0 Å². The highest BCUT2D eigenvalue weighted by Crippen LogP contribution is 2.70. The molecule has 44 heavy (non-hydrogen) atoms. The Balaban J connectivity index is 1.78. The van der Waals surface area contributed by atoms with Crippen LogP contribution < -0.4 is 0 Å². The predicted octanol–water partition coefficient (Wildman–Crippen LogP) is 3.86. The number of hydrogen-bond donors (Lipinski definition) is 0. The Morgan fingerprint density at radius 1 is 0.886 bits per heavy atom. The highest BCUT2D eigenvalue weighted by atomic mass is 16.6. The molecule has 4 aliphatic rings. The molecule has 2 aliphatic carbocycles. The van der Waals surface area contributed by atoms with Crippen molar-refractivity contribution in [2.24, 2.45) is 16.7 Å². The Morgan fingerprint density at radius 2 is 1.50 bits per heavy atom. The lowest BCUT2D eigenvalue weighted by Crippen LogP contribution is -2.82. The predicted molar refractivity (Wildman–Crippen MR) is 153 cm³/mol. The quantitative estimate of drug-likeness (QED) is 0.272. The molecule has 9 unspecified atom stereocenters. The second kappa shape index (κ2) is 11.0. The van der Waals surface area contributed by atoms with E-state index in [1.165, 1.54) is 20.8 Å². The minimum Gasteiger partial charge on any atom is -0.462 e. The number of ether oxygens (including phenoxy) is 6. The zero-order valence-electron chi connectivity index (χ0n) is 26.0. The summed E-state index contributed by atoms with van der Waals surface area (Å²) in [6, 6.07) is 8.49. The highest BCUT2D eigenvalue weighted by molar-refractivity contribution is 5.89. The molecule has 11 nitrogen and oxygen atoms in total. The largest absolute Gasteiger partial charge is 0.462 e. The minimum absolute atomic E-state index is 0.0697. The van der Waals surface area contributed by atoms with Gasteiger partial charge in [0.05, 0.1) is 12.0 Å². The lowest BCUT2D eigenvalue weighted by molar-refractivity contribution is -0.372. The fourth-order valence-corrected chi connectivity index (χ4v) is 8.46. The first kappa shape index (κ1) is 31.7. The lowest BCUT2D eigenvalue weighted by atomic mass is 9.40. The van der Waals surface area contributed by atoms with Gasteiger partial charge in [-0.05, 0) is 31.9 Å². The van der Waals surface area contributed by atoms with Crippen LogP contribution in [0.4, 0.5) is 0 Å². The van der Waals surface area contributed by atoms with E-state index in [4.69, 9.17) is 28.4 Å². The molecule has 1 spiro atoms. The van der Waals surface area contributed by atoms with Crippen LogP contribution in [0.15, 0.2) is 42.5 Å². The Kier molecular flexibility index (Phi) is 7.93. The van der Waals surface area contributed by atoms with Crippen LogP contribution >= 0.6 is 0 Å². The zero-order chi connectivity index (χ0) is 32.2. The molecule has 0 radical (unpaired) electrons. The number of esters is 5. The van der Waals surface area contributed by atoms with Crippen molar-refractivity contribution in [1.29, 1.82) is 0 Å². The Morgan fingerprint density at radius 3 is 2.07 bits per heavy atom. The molecule has 5 rings (SSSR count). The molecule has 0 N–H and O–H groups in total. The fraction of sp³-hybridized carbons (Fsp3) is 0.606. The van der Waals surface area contributed by atoms with Gasteiger partial charge in [-0.1, -0.05) is 44.2 Å². The molecule has 1 aromatic rings. The Bertz CT molecular complexity index is 1390. The van der Waals surface area contributed by atoms with Crippen molar-refractivity contribution in [1.82, 2.24) is 0 Å². The maximum Gasteiger partial charge on any atom is 0.338 e. The highest BCUT2D eigenvalue weighted by Gasteiger charge is 2.79. The summed E-state index contributed by atoms with van der Waals surface area (Å²) < 4.78 is 36.7. The molecule has 9 atom stereocenters. The maximum atomic E-state index is 13.7. The zero-order valence-corrected chi connectivity index (χ0v) is 26.0. The summed E-state index contributed by atoms with van der Waals surface area (Å²) in [5.74, 6) is -3.59. The van der Waals surface area contributed by atoms with Crippen LogP contribution in [0.2, 0.25) is 0 Å². The van der Waals surface area contributed by atoms with Crippen LogP contribution in [-0.4, -0.2) is 72.1 Å². The summed E-state index contributed by atoms with van der Waals surface area (Å²) >= 11 is 0. The summed E-state index contributed by atoms with van der Waals surface area (Å²) in [6.07, 6.45) is -3.30. The summed E-state index contributed by atoms with van der Waals surface area (Å²) in [4.78, 5) is 64.2. The van der Waals surface area contributed by atoms with Crippen LogP contribution in [-0.2, 0) is 47.6 Å². The molecule has 1 aromatic carbocycles. The van der Waals surface area contributed by atoms with Gasteiger partial charge in [0.15, 0.2) is 12.2 Å². The molecule has 4 fully saturated rings. The average Bonchev–Trinajstić information content (AvgIpc) is 3.29. The Labute approximate surface area is 256 Å². The molecule has 2 heterocycles. The summed E-state index contributed by atoms with van der Waals surface area (Å²) in [5.41, 5.74) is -4.19. The number of carbonyl (C=O) groups excluding carboxylic acids is 5. The fourth-order valence-electron chi connectivity index (χ4n) is 8.46. The maximum absolute atomic E-state index is 13.7. The van der Waals surface area contributed by atoms with Gasteiger partial charge in [0, 0.05) is 43.9 Å². The van der Waals surface area contributed by atoms with Crippen LogP contribution in [0.1, 0.15) is 77.6 Å². The summed E-state index contributed by atoms with van der Waals surface area (Å²) in [6.45, 7) is 13.5. The number of rotatable bonds is 5. The van der Waals surface area contributed by atoms with Gasteiger partial charge in [0.2, 0.25) is 0 Å². The van der Waals surface area contributed by atoms with Crippen molar-refractivity contribution >= 4 is 29.8 Å². The van der Waals surface area contributed by atoms with E-state index in [9.17, 15) is 24.0 Å². The lowest BCUT2D eigenvalue weighted by Gasteiger charge is -2.71. The van der Waals surface area contributed by atoms with E-state index in [0.717, 1.165) is 0 Å². The van der Waals surface area contributed by atoms with Crippen LogP contribution in [0.5, 0.6) is 0 Å². The topological polar surface area (TPSA) is 141 Å². The second-order valence-electron chi connectivity index (χ2n) is 13.1. The molecule has 238 valence electrons. The molecular weight excluding hydrogens is 572 g/mol. The van der Waals surface area contributed by atoms with E-state index in [1.54, 1.807) is 37.3 Å². The number of benzene rings is 1.